The molecule has 2 aromatic rings. The summed E-state index contributed by atoms with van der Waals surface area (Å²) < 4.78 is 5.15. The molecule has 2 rings (SSSR count). The maximum absolute atomic E-state index is 11.6. The van der Waals surface area contributed by atoms with E-state index >= 15 is 0 Å². The third-order valence-corrected chi connectivity index (χ3v) is 3.52. The Hall–Kier alpha value is -2.55. The molecule has 0 atom stereocenters. The summed E-state index contributed by atoms with van der Waals surface area (Å²) in [5.41, 5.74) is 4.72. The molecule has 3 nitrogen and oxygen atoms in total. The predicted octanol–water partition coefficient (Wildman–Crippen LogP) is 4.63. The summed E-state index contributed by atoms with van der Waals surface area (Å²) in [6.07, 6.45) is 4.54. The van der Waals surface area contributed by atoms with E-state index < -0.39 is 0 Å². The molecule has 23 heavy (non-hydrogen) atoms. The lowest BCUT2D eigenvalue weighted by atomic mass is 10.1. The van der Waals surface area contributed by atoms with Gasteiger partial charge in [-0.1, -0.05) is 66.2 Å². The van der Waals surface area contributed by atoms with Crippen LogP contribution < -0.4 is 5.32 Å². The van der Waals surface area contributed by atoms with Crippen molar-refractivity contribution in [3.63, 3.8) is 0 Å². The average Bonchev–Trinajstić information content (AvgIpc) is 2.55. The van der Waals surface area contributed by atoms with Crippen LogP contribution in [0.4, 0.5) is 4.79 Å². The second-order valence-electron chi connectivity index (χ2n) is 5.54. The molecule has 0 aliphatic rings. The maximum Gasteiger partial charge on any atom is 0.407 e. The lowest BCUT2D eigenvalue weighted by Crippen LogP contribution is -2.24. The van der Waals surface area contributed by atoms with Gasteiger partial charge in [0.25, 0.3) is 0 Å². The Balaban J connectivity index is 1.66. The lowest BCUT2D eigenvalue weighted by Gasteiger charge is -2.06. The normalized spacial score (nSPS) is 10.7. The number of carbonyl (C=O) groups excluding carboxylic acids is 1. The molecule has 1 N–H and O–H groups in total. The molecular weight excluding hydrogens is 286 g/mol. The highest BCUT2D eigenvalue weighted by Gasteiger charge is 2.00. The van der Waals surface area contributed by atoms with Crippen molar-refractivity contribution in [2.75, 3.05) is 6.54 Å². The van der Waals surface area contributed by atoms with Gasteiger partial charge in [-0.2, -0.15) is 0 Å². The van der Waals surface area contributed by atoms with Crippen LogP contribution in [0.5, 0.6) is 0 Å². The van der Waals surface area contributed by atoms with E-state index in [9.17, 15) is 4.79 Å². The first kappa shape index (κ1) is 16.8. The predicted molar refractivity (Wildman–Crippen MR) is 94.2 cm³/mol. The summed E-state index contributed by atoms with van der Waals surface area (Å²) in [7, 11) is 0. The minimum Gasteiger partial charge on any atom is -0.445 e. The highest BCUT2D eigenvalue weighted by atomic mass is 16.5. The number of hydrogen-bond donors (Lipinski definition) is 1. The van der Waals surface area contributed by atoms with Gasteiger partial charge >= 0.3 is 6.09 Å². The minimum absolute atomic E-state index is 0.297. The molecule has 1 amide bonds. The van der Waals surface area contributed by atoms with E-state index in [0.717, 1.165) is 12.0 Å². The number of rotatable bonds is 6. The number of alkyl carbamates (subject to hydrolysis) is 1. The van der Waals surface area contributed by atoms with Crippen molar-refractivity contribution in [1.29, 1.82) is 0 Å². The first-order chi connectivity index (χ1) is 11.1. The first-order valence-corrected chi connectivity index (χ1v) is 7.83. The highest BCUT2D eigenvalue weighted by molar-refractivity contribution is 5.67. The summed E-state index contributed by atoms with van der Waals surface area (Å²) in [4.78, 5) is 11.6. The smallest absolute Gasteiger partial charge is 0.407 e. The van der Waals surface area contributed by atoms with Crippen LogP contribution in [0.3, 0.4) is 0 Å². The van der Waals surface area contributed by atoms with Gasteiger partial charge in [-0.3, -0.25) is 0 Å². The molecule has 0 bridgehead atoms. The Kier molecular flexibility index (Phi) is 6.42. The molecule has 0 heterocycles. The quantitative estimate of drug-likeness (QED) is 0.790. The number of hydrogen-bond acceptors (Lipinski definition) is 2. The largest absolute Gasteiger partial charge is 0.445 e. The molecule has 120 valence electrons. The van der Waals surface area contributed by atoms with Gasteiger partial charge in [0.2, 0.25) is 0 Å². The number of aryl methyl sites for hydroxylation is 2. The first-order valence-electron chi connectivity index (χ1n) is 7.83. The monoisotopic (exact) mass is 309 g/mol. The fraction of sp³-hybridized carbons (Fsp3) is 0.250. The molecule has 0 spiro atoms. The van der Waals surface area contributed by atoms with Gasteiger partial charge in [0, 0.05) is 6.54 Å². The molecule has 3 heteroatoms. The summed E-state index contributed by atoms with van der Waals surface area (Å²) in [5.74, 6) is 0. The zero-order valence-corrected chi connectivity index (χ0v) is 13.7. The number of carbonyl (C=O) groups is 1. The van der Waals surface area contributed by atoms with E-state index in [4.69, 9.17) is 4.74 Å². The van der Waals surface area contributed by atoms with Crippen molar-refractivity contribution in [3.8, 4) is 0 Å². The highest BCUT2D eigenvalue weighted by Crippen LogP contribution is 2.12. The number of amides is 1. The van der Waals surface area contributed by atoms with Crippen molar-refractivity contribution < 1.29 is 9.53 Å². The molecule has 0 saturated carbocycles. The van der Waals surface area contributed by atoms with Gasteiger partial charge in [-0.05, 0) is 37.0 Å². The SMILES string of the molecule is Cc1ccc(C=CCCNC(=O)OCc2ccccc2)c(C)c1. The summed E-state index contributed by atoms with van der Waals surface area (Å²) in [5, 5.41) is 2.75. The standard InChI is InChI=1S/C20H23NO2/c1-16-11-12-19(17(2)14-16)10-6-7-13-21-20(22)23-15-18-8-4-3-5-9-18/h3-6,8-12,14H,7,13,15H2,1-2H3,(H,21,22). The van der Waals surface area contributed by atoms with E-state index in [0.29, 0.717) is 13.2 Å². The number of nitrogens with one attached hydrogen (secondary N) is 1. The zero-order chi connectivity index (χ0) is 16.5. The molecule has 0 fully saturated rings. The maximum atomic E-state index is 11.6. The van der Waals surface area contributed by atoms with Crippen LogP contribution in [-0.2, 0) is 11.3 Å². The van der Waals surface area contributed by atoms with Gasteiger partial charge in [0.1, 0.15) is 6.61 Å². The Morgan fingerprint density at radius 1 is 1.13 bits per heavy atom. The van der Waals surface area contributed by atoms with Crippen molar-refractivity contribution in [1.82, 2.24) is 5.32 Å². The van der Waals surface area contributed by atoms with E-state index in [1.54, 1.807) is 0 Å². The van der Waals surface area contributed by atoms with E-state index in [-0.39, 0.29) is 6.09 Å². The Morgan fingerprint density at radius 3 is 2.65 bits per heavy atom. The van der Waals surface area contributed by atoms with Gasteiger partial charge < -0.3 is 10.1 Å². The summed E-state index contributed by atoms with van der Waals surface area (Å²) >= 11 is 0. The molecule has 0 unspecified atom stereocenters. The average molecular weight is 309 g/mol. The number of ether oxygens (including phenoxy) is 1. The van der Waals surface area contributed by atoms with Crippen molar-refractivity contribution in [2.45, 2.75) is 26.9 Å². The fourth-order valence-corrected chi connectivity index (χ4v) is 2.25. The van der Waals surface area contributed by atoms with Crippen molar-refractivity contribution in [3.05, 3.63) is 76.9 Å². The van der Waals surface area contributed by atoms with Gasteiger partial charge in [0.05, 0.1) is 0 Å². The molecule has 0 aliphatic carbocycles. The van der Waals surface area contributed by atoms with Crippen LogP contribution in [0, 0.1) is 13.8 Å². The van der Waals surface area contributed by atoms with Crippen LogP contribution >= 0.6 is 0 Å². The summed E-state index contributed by atoms with van der Waals surface area (Å²) in [6.45, 7) is 5.05. The topological polar surface area (TPSA) is 38.3 Å². The lowest BCUT2D eigenvalue weighted by molar-refractivity contribution is 0.140. The molecule has 0 aromatic heterocycles. The third kappa shape index (κ3) is 5.99. The van der Waals surface area contributed by atoms with Crippen LogP contribution in [-0.4, -0.2) is 12.6 Å². The van der Waals surface area contributed by atoms with Crippen molar-refractivity contribution in [2.24, 2.45) is 0 Å². The molecule has 2 aromatic carbocycles. The van der Waals surface area contributed by atoms with Crippen molar-refractivity contribution >= 4 is 12.2 Å². The Morgan fingerprint density at radius 2 is 1.91 bits per heavy atom. The van der Waals surface area contributed by atoms with Crippen LogP contribution in [0.1, 0.15) is 28.7 Å². The second kappa shape index (κ2) is 8.79. The van der Waals surface area contributed by atoms with Gasteiger partial charge in [-0.25, -0.2) is 4.79 Å². The Bertz CT molecular complexity index is 663. The second-order valence-corrected chi connectivity index (χ2v) is 5.54. The fourth-order valence-electron chi connectivity index (χ4n) is 2.25. The third-order valence-electron chi connectivity index (χ3n) is 3.52. The van der Waals surface area contributed by atoms with Crippen LogP contribution in [0.2, 0.25) is 0 Å². The van der Waals surface area contributed by atoms with E-state index in [2.05, 4.69) is 49.5 Å². The number of benzene rings is 2. The molecule has 0 radical (unpaired) electrons. The molecule has 0 aliphatic heterocycles. The minimum atomic E-state index is -0.381. The van der Waals surface area contributed by atoms with E-state index in [1.165, 1.54) is 16.7 Å². The summed E-state index contributed by atoms with van der Waals surface area (Å²) in [6, 6.07) is 16.0. The Labute approximate surface area is 138 Å². The zero-order valence-electron chi connectivity index (χ0n) is 13.7. The van der Waals surface area contributed by atoms with E-state index in [1.807, 2.05) is 30.3 Å². The van der Waals surface area contributed by atoms with Crippen LogP contribution in [0.15, 0.2) is 54.6 Å². The molecular formula is C20H23NO2. The van der Waals surface area contributed by atoms with Gasteiger partial charge in [-0.15, -0.1) is 0 Å². The van der Waals surface area contributed by atoms with Gasteiger partial charge in [0.15, 0.2) is 0 Å². The van der Waals surface area contributed by atoms with Crippen LogP contribution in [0.25, 0.3) is 6.08 Å². The molecule has 0 saturated heterocycles.